The number of nitrogens with zero attached hydrogens (tertiary/aromatic N) is 2. The molecular weight excluding hydrogens is 268 g/mol. The van der Waals surface area contributed by atoms with Crippen LogP contribution in [0.2, 0.25) is 0 Å². The van der Waals surface area contributed by atoms with Gasteiger partial charge in [-0.1, -0.05) is 6.07 Å². The fourth-order valence-electron chi connectivity index (χ4n) is 1.84. The Labute approximate surface area is 104 Å². The maximum absolute atomic E-state index is 12.3. The predicted octanol–water partition coefficient (Wildman–Crippen LogP) is 1.58. The molecule has 0 aromatic heterocycles. The molecule has 10 heteroatoms. The molecule has 0 saturated carbocycles. The quantitative estimate of drug-likeness (QED) is 0.362. The zero-order chi connectivity index (χ0) is 14.4. The highest BCUT2D eigenvalue weighted by Gasteiger charge is 2.43. The van der Waals surface area contributed by atoms with Crippen molar-refractivity contribution in [3.63, 3.8) is 0 Å². The predicted molar refractivity (Wildman–Crippen MR) is 57.5 cm³/mol. The highest BCUT2D eigenvalue weighted by atomic mass is 19.4. The first-order valence-electron chi connectivity index (χ1n) is 5.07. The molecule has 1 aromatic rings. The van der Waals surface area contributed by atoms with E-state index in [0.717, 1.165) is 18.2 Å². The van der Waals surface area contributed by atoms with Gasteiger partial charge in [0.2, 0.25) is 0 Å². The van der Waals surface area contributed by atoms with Crippen molar-refractivity contribution < 1.29 is 27.5 Å². The van der Waals surface area contributed by atoms with Crippen molar-refractivity contribution in [3.8, 4) is 0 Å². The lowest BCUT2D eigenvalue weighted by molar-refractivity contribution is -0.385. The molecule has 0 aliphatic carbocycles. The van der Waals surface area contributed by atoms with Crippen LogP contribution in [0.3, 0.4) is 0 Å². The van der Waals surface area contributed by atoms with Crippen molar-refractivity contribution in [1.29, 1.82) is 0 Å². The van der Waals surface area contributed by atoms with Gasteiger partial charge in [-0.2, -0.15) is 0 Å². The number of benzene rings is 1. The van der Waals surface area contributed by atoms with Gasteiger partial charge in [-0.05, 0) is 12.5 Å². The van der Waals surface area contributed by atoms with Crippen molar-refractivity contribution in [1.82, 2.24) is 4.90 Å². The van der Waals surface area contributed by atoms with E-state index in [1.807, 2.05) is 0 Å². The van der Waals surface area contributed by atoms with Crippen LogP contribution in [0, 0.1) is 10.1 Å². The molecule has 1 aromatic carbocycles. The Morgan fingerprint density at radius 2 is 1.84 bits per heavy atom. The number of nitro groups is 1. The number of carbonyl (C=O) groups excluding carboxylic acids is 2. The Balaban J connectivity index is 2.50. The Kier molecular flexibility index (Phi) is 2.80. The summed E-state index contributed by atoms with van der Waals surface area (Å²) in [5.74, 6) is -2.45. The average molecular weight is 273 g/mol. The summed E-state index contributed by atoms with van der Waals surface area (Å²) in [6.07, 6.45) is -1.70. The molecule has 0 unspecified atom stereocenters. The second-order valence-corrected chi connectivity index (χ2v) is 3.89. The zero-order valence-electron chi connectivity index (χ0n) is 9.18. The molecule has 1 heterocycles. The standard InChI is InChI=1S/C9H5BF3N2O4/c11-10(12,13)4-14-8(16)5-2-1-3-6(15(18)19)7(5)9(14)17/h1-3H,4H2/q-1. The van der Waals surface area contributed by atoms with Crippen molar-refractivity contribution in [2.75, 3.05) is 6.44 Å². The first kappa shape index (κ1) is 13.1. The number of hydrogen-bond donors (Lipinski definition) is 0. The van der Waals surface area contributed by atoms with Crippen LogP contribution in [-0.2, 0) is 0 Å². The highest BCUT2D eigenvalue weighted by molar-refractivity contribution is 6.59. The first-order valence-corrected chi connectivity index (χ1v) is 5.07. The SMILES string of the molecule is O=C1c2cccc([N+](=O)[O-])c2C(=O)N1C[B-](F)(F)F. The van der Waals surface area contributed by atoms with E-state index in [1.165, 1.54) is 0 Å². The molecule has 6 nitrogen and oxygen atoms in total. The lowest BCUT2D eigenvalue weighted by atomic mass is 9.91. The summed E-state index contributed by atoms with van der Waals surface area (Å²) >= 11 is 0. The van der Waals surface area contributed by atoms with Crippen LogP contribution in [0.15, 0.2) is 18.2 Å². The topological polar surface area (TPSA) is 80.5 Å². The number of rotatable bonds is 3. The number of carbonyl (C=O) groups is 2. The lowest BCUT2D eigenvalue weighted by Gasteiger charge is -2.21. The molecule has 0 saturated heterocycles. The normalized spacial score (nSPS) is 14.8. The van der Waals surface area contributed by atoms with Crippen LogP contribution >= 0.6 is 0 Å². The molecule has 0 atom stereocenters. The number of nitro benzene ring substituents is 1. The van der Waals surface area contributed by atoms with Crippen LogP contribution in [0.4, 0.5) is 18.6 Å². The smallest absolute Gasteiger partial charge is 0.448 e. The average Bonchev–Trinajstić information content (AvgIpc) is 2.53. The van der Waals surface area contributed by atoms with E-state index >= 15 is 0 Å². The fraction of sp³-hybridized carbons (Fsp3) is 0.111. The molecule has 0 bridgehead atoms. The highest BCUT2D eigenvalue weighted by Crippen LogP contribution is 2.31. The van der Waals surface area contributed by atoms with Gasteiger partial charge < -0.3 is 17.8 Å². The molecule has 2 amide bonds. The minimum Gasteiger partial charge on any atom is -0.448 e. The maximum Gasteiger partial charge on any atom is 0.497 e. The third kappa shape index (κ3) is 2.16. The van der Waals surface area contributed by atoms with E-state index in [0.29, 0.717) is 0 Å². The van der Waals surface area contributed by atoms with Gasteiger partial charge in [0.1, 0.15) is 5.56 Å². The molecule has 0 radical (unpaired) electrons. The van der Waals surface area contributed by atoms with Crippen LogP contribution in [0.5, 0.6) is 0 Å². The molecular formula is C9H5BF3N2O4-. The Morgan fingerprint density at radius 1 is 1.21 bits per heavy atom. The van der Waals surface area contributed by atoms with Gasteiger partial charge >= 0.3 is 6.98 Å². The van der Waals surface area contributed by atoms with Crippen molar-refractivity contribution in [2.24, 2.45) is 0 Å². The summed E-state index contributed by atoms with van der Waals surface area (Å²) in [5.41, 5.74) is -1.63. The van der Waals surface area contributed by atoms with Gasteiger partial charge in [0.25, 0.3) is 17.5 Å². The van der Waals surface area contributed by atoms with Gasteiger partial charge in [-0.25, -0.2) is 0 Å². The second kappa shape index (κ2) is 4.07. The third-order valence-corrected chi connectivity index (χ3v) is 2.56. The van der Waals surface area contributed by atoms with Crippen molar-refractivity contribution >= 4 is 24.5 Å². The Hall–Kier alpha value is -2.39. The lowest BCUT2D eigenvalue weighted by Crippen LogP contribution is -2.41. The number of hydrogen-bond acceptors (Lipinski definition) is 4. The van der Waals surface area contributed by atoms with Crippen LogP contribution < -0.4 is 0 Å². The minimum absolute atomic E-state index is 0.0162. The van der Waals surface area contributed by atoms with E-state index in [-0.39, 0.29) is 10.5 Å². The van der Waals surface area contributed by atoms with Gasteiger partial charge in [0, 0.05) is 6.07 Å². The number of amides is 2. The van der Waals surface area contributed by atoms with Crippen LogP contribution in [0.25, 0.3) is 0 Å². The third-order valence-electron chi connectivity index (χ3n) is 2.56. The summed E-state index contributed by atoms with van der Waals surface area (Å²) < 4.78 is 37.0. The van der Waals surface area contributed by atoms with Crippen LogP contribution in [0.1, 0.15) is 20.7 Å². The number of fused-ring (bicyclic) bond motifs is 1. The summed E-state index contributed by atoms with van der Waals surface area (Å²) in [7, 11) is 0. The Bertz CT molecular complexity index is 602. The fourth-order valence-corrected chi connectivity index (χ4v) is 1.84. The largest absolute Gasteiger partial charge is 0.497 e. The minimum atomic E-state index is -5.40. The van der Waals surface area contributed by atoms with E-state index in [9.17, 15) is 32.7 Å². The monoisotopic (exact) mass is 273 g/mol. The molecule has 1 aliphatic rings. The summed E-state index contributed by atoms with van der Waals surface area (Å²) in [4.78, 5) is 33.2. The van der Waals surface area contributed by atoms with Crippen molar-refractivity contribution in [3.05, 3.63) is 39.4 Å². The van der Waals surface area contributed by atoms with Gasteiger partial charge in [-0.15, -0.1) is 0 Å². The zero-order valence-corrected chi connectivity index (χ0v) is 9.18. The molecule has 0 spiro atoms. The van der Waals surface area contributed by atoms with E-state index < -0.39 is 41.4 Å². The molecule has 0 N–H and O–H groups in total. The molecule has 19 heavy (non-hydrogen) atoms. The van der Waals surface area contributed by atoms with E-state index in [4.69, 9.17) is 0 Å². The number of halogens is 3. The molecule has 1 aliphatic heterocycles. The summed E-state index contributed by atoms with van der Waals surface area (Å²) in [6.45, 7) is -5.40. The maximum atomic E-state index is 12.3. The Morgan fingerprint density at radius 3 is 2.37 bits per heavy atom. The van der Waals surface area contributed by atoms with Crippen molar-refractivity contribution in [2.45, 2.75) is 0 Å². The molecule has 0 fully saturated rings. The molecule has 100 valence electrons. The second-order valence-electron chi connectivity index (χ2n) is 3.89. The molecule has 2 rings (SSSR count). The number of imide groups is 1. The van der Waals surface area contributed by atoms with E-state index in [2.05, 4.69) is 0 Å². The van der Waals surface area contributed by atoms with Gasteiger partial charge in [0.05, 0.1) is 10.5 Å². The van der Waals surface area contributed by atoms with Gasteiger partial charge in [0.15, 0.2) is 0 Å². The van der Waals surface area contributed by atoms with Gasteiger partial charge in [-0.3, -0.25) is 19.7 Å². The summed E-state index contributed by atoms with van der Waals surface area (Å²) in [6, 6.07) is 3.20. The van der Waals surface area contributed by atoms with Crippen LogP contribution in [-0.4, -0.2) is 35.1 Å². The summed E-state index contributed by atoms with van der Waals surface area (Å²) in [5, 5.41) is 10.7. The first-order chi connectivity index (χ1) is 8.72. The van der Waals surface area contributed by atoms with E-state index in [1.54, 1.807) is 0 Å².